The van der Waals surface area contributed by atoms with E-state index in [1.165, 1.54) is 54.9 Å². The van der Waals surface area contributed by atoms with Crippen LogP contribution in [0.4, 0.5) is 0 Å². The predicted octanol–water partition coefficient (Wildman–Crippen LogP) is 1.58. The molecule has 108 valence electrons. The molecule has 0 aromatic heterocycles. The van der Waals surface area contributed by atoms with Crippen molar-refractivity contribution in [1.82, 2.24) is 0 Å². The van der Waals surface area contributed by atoms with Gasteiger partial charge < -0.3 is 0 Å². The van der Waals surface area contributed by atoms with Crippen LogP contribution in [0.25, 0.3) is 33.0 Å². The monoisotopic (exact) mass is 300 g/mol. The van der Waals surface area contributed by atoms with Crippen LogP contribution in [-0.2, 0) is 0 Å². The molecule has 0 N–H and O–H groups in total. The van der Waals surface area contributed by atoms with Crippen molar-refractivity contribution < 1.29 is 0 Å². The molecule has 0 amide bonds. The van der Waals surface area contributed by atoms with Gasteiger partial charge in [0.25, 0.3) is 0 Å². The fraction of sp³-hybridized carbons (Fsp3) is 0. The maximum atomic E-state index is 2.45. The van der Waals surface area contributed by atoms with Gasteiger partial charge in [-0.15, -0.1) is 0 Å². The minimum absolute atomic E-state index is 1.06. The molecule has 4 aromatic rings. The van der Waals surface area contributed by atoms with E-state index in [0.29, 0.717) is 0 Å². The van der Waals surface area contributed by atoms with Crippen LogP contribution in [0, 0.1) is 0 Å². The van der Waals surface area contributed by atoms with Crippen LogP contribution in [0.5, 0.6) is 0 Å². The maximum Gasteiger partial charge on any atom is 0.194 e. The van der Waals surface area contributed by atoms with Crippen molar-refractivity contribution in [3.8, 4) is 22.3 Å². The molecule has 0 unspecified atom stereocenters. The normalized spacial score (nSPS) is 12.8. The first-order valence-electron chi connectivity index (χ1n) is 8.63. The van der Waals surface area contributed by atoms with Gasteiger partial charge in [-0.1, -0.05) is 94.6 Å². The summed E-state index contributed by atoms with van der Waals surface area (Å²) in [6.45, 7) is 0. The molecule has 0 bridgehead atoms. The predicted molar refractivity (Wildman–Crippen MR) is 108 cm³/mol. The standard InChI is InChI=1S/C22H14B2/c1-2-6-14-13(5-1)9-10-16-18-12-20-17(11-21(18)24-22(14)16)15-7-3-4-8-19(15)23-20/h1-12,23-24H. The van der Waals surface area contributed by atoms with E-state index in [9.17, 15) is 0 Å². The lowest BCUT2D eigenvalue weighted by atomic mass is 9.64. The molecule has 2 aliphatic rings. The molecule has 4 aromatic carbocycles. The lowest BCUT2D eigenvalue weighted by Crippen LogP contribution is -2.24. The van der Waals surface area contributed by atoms with Gasteiger partial charge in [-0.25, -0.2) is 0 Å². The highest BCUT2D eigenvalue weighted by Crippen LogP contribution is 2.28. The number of rotatable bonds is 0. The third kappa shape index (κ3) is 1.56. The Labute approximate surface area is 142 Å². The highest BCUT2D eigenvalue weighted by atomic mass is 14.2. The molecule has 0 saturated heterocycles. The van der Waals surface area contributed by atoms with E-state index in [0.717, 1.165) is 14.6 Å². The number of hydrogen-bond donors (Lipinski definition) is 0. The Bertz CT molecular complexity index is 1160. The van der Waals surface area contributed by atoms with Gasteiger partial charge in [0, 0.05) is 0 Å². The molecule has 0 atom stereocenters. The number of benzene rings is 4. The summed E-state index contributed by atoms with van der Waals surface area (Å²) >= 11 is 0. The van der Waals surface area contributed by atoms with Crippen molar-refractivity contribution in [3.63, 3.8) is 0 Å². The SMILES string of the molecule is B1c2ccccc2-c2cc3c(cc21)-c1ccc2ccccc2c1B3. The van der Waals surface area contributed by atoms with Gasteiger partial charge in [-0.05, 0) is 33.0 Å². The summed E-state index contributed by atoms with van der Waals surface area (Å²) < 4.78 is 0. The third-order valence-electron chi connectivity index (χ3n) is 5.72. The highest BCUT2D eigenvalue weighted by molar-refractivity contribution is 6.78. The summed E-state index contributed by atoms with van der Waals surface area (Å²) in [6.07, 6.45) is 0. The summed E-state index contributed by atoms with van der Waals surface area (Å²) in [5, 5.41) is 2.76. The second-order valence-corrected chi connectivity index (χ2v) is 6.99. The van der Waals surface area contributed by atoms with E-state index >= 15 is 0 Å². The summed E-state index contributed by atoms with van der Waals surface area (Å²) in [4.78, 5) is 0. The molecule has 2 heteroatoms. The summed E-state index contributed by atoms with van der Waals surface area (Å²) in [7, 11) is 2.13. The van der Waals surface area contributed by atoms with Gasteiger partial charge in [0.15, 0.2) is 14.6 Å². The highest BCUT2D eigenvalue weighted by Gasteiger charge is 2.26. The van der Waals surface area contributed by atoms with Crippen molar-refractivity contribution in [2.75, 3.05) is 0 Å². The van der Waals surface area contributed by atoms with Gasteiger partial charge in [-0.3, -0.25) is 0 Å². The van der Waals surface area contributed by atoms with Crippen LogP contribution in [0.15, 0.2) is 72.8 Å². The van der Waals surface area contributed by atoms with Crippen LogP contribution in [0.1, 0.15) is 0 Å². The van der Waals surface area contributed by atoms with E-state index in [4.69, 9.17) is 0 Å². The fourth-order valence-corrected chi connectivity index (χ4v) is 4.59. The molecule has 24 heavy (non-hydrogen) atoms. The zero-order chi connectivity index (χ0) is 15.7. The molecule has 0 aliphatic carbocycles. The Hall–Kier alpha value is -2.73. The van der Waals surface area contributed by atoms with Crippen molar-refractivity contribution in [3.05, 3.63) is 72.8 Å². The molecular formula is C22H14B2. The van der Waals surface area contributed by atoms with Crippen molar-refractivity contribution >= 4 is 47.2 Å². The fourth-order valence-electron chi connectivity index (χ4n) is 4.59. The molecule has 0 nitrogen and oxygen atoms in total. The Kier molecular flexibility index (Phi) is 2.33. The van der Waals surface area contributed by atoms with Crippen molar-refractivity contribution in [2.24, 2.45) is 0 Å². The van der Waals surface area contributed by atoms with E-state index < -0.39 is 0 Å². The number of hydrogen-bond acceptors (Lipinski definition) is 0. The van der Waals surface area contributed by atoms with E-state index in [2.05, 4.69) is 72.8 Å². The maximum absolute atomic E-state index is 2.45. The second-order valence-electron chi connectivity index (χ2n) is 6.99. The molecule has 0 spiro atoms. The minimum atomic E-state index is 1.06. The first-order valence-corrected chi connectivity index (χ1v) is 8.63. The average Bonchev–Trinajstić information content (AvgIpc) is 3.17. The topological polar surface area (TPSA) is 0 Å². The smallest absolute Gasteiger partial charge is 0.0709 e. The van der Waals surface area contributed by atoms with Crippen LogP contribution in [0.3, 0.4) is 0 Å². The Morgan fingerprint density at radius 1 is 0.500 bits per heavy atom. The van der Waals surface area contributed by atoms with E-state index in [-0.39, 0.29) is 0 Å². The molecule has 6 rings (SSSR count). The first-order chi connectivity index (χ1) is 11.9. The zero-order valence-corrected chi connectivity index (χ0v) is 13.3. The molecule has 0 radical (unpaired) electrons. The largest absolute Gasteiger partial charge is 0.194 e. The Morgan fingerprint density at radius 3 is 2.21 bits per heavy atom. The van der Waals surface area contributed by atoms with Crippen LogP contribution >= 0.6 is 0 Å². The summed E-state index contributed by atoms with van der Waals surface area (Å²) in [5.74, 6) is 0. The van der Waals surface area contributed by atoms with Gasteiger partial charge in [0.05, 0.1) is 0 Å². The van der Waals surface area contributed by atoms with Crippen LogP contribution in [-0.4, -0.2) is 14.6 Å². The molecule has 0 saturated carbocycles. The first kappa shape index (κ1) is 12.7. The van der Waals surface area contributed by atoms with E-state index in [1.807, 2.05) is 0 Å². The second kappa shape index (κ2) is 4.42. The third-order valence-corrected chi connectivity index (χ3v) is 5.72. The Morgan fingerprint density at radius 2 is 1.25 bits per heavy atom. The van der Waals surface area contributed by atoms with Gasteiger partial charge in [0.2, 0.25) is 0 Å². The number of fused-ring (bicyclic) bond motifs is 8. The molecule has 2 heterocycles. The quantitative estimate of drug-likeness (QED) is 0.374. The molecule has 0 fully saturated rings. The zero-order valence-electron chi connectivity index (χ0n) is 13.3. The summed E-state index contributed by atoms with van der Waals surface area (Å²) in [6, 6.07) is 27.1. The Balaban J connectivity index is 1.60. The van der Waals surface area contributed by atoms with Gasteiger partial charge in [-0.2, -0.15) is 0 Å². The van der Waals surface area contributed by atoms with E-state index in [1.54, 1.807) is 0 Å². The minimum Gasteiger partial charge on any atom is -0.0709 e. The van der Waals surface area contributed by atoms with Crippen LogP contribution in [0.2, 0.25) is 0 Å². The van der Waals surface area contributed by atoms with Gasteiger partial charge >= 0.3 is 0 Å². The van der Waals surface area contributed by atoms with Crippen LogP contribution < -0.4 is 21.9 Å². The lowest BCUT2D eigenvalue weighted by Gasteiger charge is -2.08. The summed E-state index contributed by atoms with van der Waals surface area (Å²) in [5.41, 5.74) is 11.7. The van der Waals surface area contributed by atoms with Gasteiger partial charge in [0.1, 0.15) is 0 Å². The lowest BCUT2D eigenvalue weighted by molar-refractivity contribution is 1.72. The van der Waals surface area contributed by atoms with Crippen molar-refractivity contribution in [2.45, 2.75) is 0 Å². The molecular weight excluding hydrogens is 286 g/mol. The van der Waals surface area contributed by atoms with Crippen molar-refractivity contribution in [1.29, 1.82) is 0 Å². The molecule has 2 aliphatic heterocycles. The average molecular weight is 300 g/mol.